The summed E-state index contributed by atoms with van der Waals surface area (Å²) in [6.07, 6.45) is 1.37. The molecule has 3 rings (SSSR count). The summed E-state index contributed by atoms with van der Waals surface area (Å²) < 4.78 is 12.4. The summed E-state index contributed by atoms with van der Waals surface area (Å²) in [5.74, 6) is -0.0105. The van der Waals surface area contributed by atoms with Crippen LogP contribution in [0.15, 0.2) is 6.20 Å². The molecular formula is C9H11N3O3. The van der Waals surface area contributed by atoms with Crippen molar-refractivity contribution < 1.29 is 14.3 Å². The predicted octanol–water partition coefficient (Wildman–Crippen LogP) is -0.158. The highest BCUT2D eigenvalue weighted by Crippen LogP contribution is 2.32. The molecule has 2 saturated heterocycles. The number of carbonyl (C=O) groups excluding carboxylic acids is 1. The quantitative estimate of drug-likeness (QED) is 0.643. The van der Waals surface area contributed by atoms with E-state index in [0.29, 0.717) is 13.0 Å². The second-order valence-corrected chi connectivity index (χ2v) is 3.90. The van der Waals surface area contributed by atoms with Crippen molar-refractivity contribution in [1.29, 1.82) is 0 Å². The minimum atomic E-state index is -0.643. The number of fused-ring (bicyclic) bond motifs is 2. The molecule has 0 unspecified atom stereocenters. The van der Waals surface area contributed by atoms with Crippen molar-refractivity contribution >= 4 is 5.78 Å². The summed E-state index contributed by atoms with van der Waals surface area (Å²) in [5.41, 5.74) is 0.932. The highest BCUT2D eigenvalue weighted by Gasteiger charge is 2.44. The lowest BCUT2D eigenvalue weighted by Crippen LogP contribution is -2.37. The third-order valence-corrected chi connectivity index (χ3v) is 2.88. The number of aryl methyl sites for hydroxylation is 1. The topological polar surface area (TPSA) is 66.2 Å². The number of ether oxygens (including phenoxy) is 2. The van der Waals surface area contributed by atoms with E-state index in [2.05, 4.69) is 10.3 Å². The Morgan fingerprint density at radius 1 is 1.60 bits per heavy atom. The van der Waals surface area contributed by atoms with E-state index in [-0.39, 0.29) is 17.9 Å². The molecular weight excluding hydrogens is 198 g/mol. The smallest absolute Gasteiger partial charge is 0.218 e. The van der Waals surface area contributed by atoms with Crippen LogP contribution < -0.4 is 0 Å². The first-order valence-electron chi connectivity index (χ1n) is 4.92. The molecule has 0 radical (unpaired) electrons. The van der Waals surface area contributed by atoms with Crippen molar-refractivity contribution in [2.24, 2.45) is 0 Å². The van der Waals surface area contributed by atoms with E-state index < -0.39 is 6.29 Å². The molecule has 0 amide bonds. The van der Waals surface area contributed by atoms with Crippen molar-refractivity contribution in [3.63, 3.8) is 0 Å². The lowest BCUT2D eigenvalue weighted by Gasteiger charge is -2.26. The number of rotatable bonds is 1. The summed E-state index contributed by atoms with van der Waals surface area (Å²) in [7, 11) is 0. The van der Waals surface area contributed by atoms with Crippen LogP contribution in [-0.4, -0.2) is 39.8 Å². The average Bonchev–Trinajstić information content (AvgIpc) is 2.80. The SMILES string of the molecule is Cc1cnnn1[C@H]1CC(=O)[C@@H]2OC[C@H]1O2. The summed E-state index contributed by atoms with van der Waals surface area (Å²) in [6, 6.07) is -0.0706. The molecule has 0 aliphatic carbocycles. The van der Waals surface area contributed by atoms with E-state index in [9.17, 15) is 4.79 Å². The maximum Gasteiger partial charge on any atom is 0.218 e. The van der Waals surface area contributed by atoms with Crippen molar-refractivity contribution in [3.8, 4) is 0 Å². The largest absolute Gasteiger partial charge is 0.343 e. The van der Waals surface area contributed by atoms with Crippen LogP contribution in [0.2, 0.25) is 0 Å². The van der Waals surface area contributed by atoms with Gasteiger partial charge < -0.3 is 9.47 Å². The zero-order valence-corrected chi connectivity index (χ0v) is 8.29. The van der Waals surface area contributed by atoms with Gasteiger partial charge in [-0.2, -0.15) is 0 Å². The first-order chi connectivity index (χ1) is 7.25. The van der Waals surface area contributed by atoms with Crippen LogP contribution in [-0.2, 0) is 14.3 Å². The van der Waals surface area contributed by atoms with Crippen LogP contribution in [0.3, 0.4) is 0 Å². The van der Waals surface area contributed by atoms with Crippen molar-refractivity contribution in [2.45, 2.75) is 31.8 Å². The maximum atomic E-state index is 11.6. The van der Waals surface area contributed by atoms with Gasteiger partial charge in [0.25, 0.3) is 0 Å². The molecule has 6 nitrogen and oxygen atoms in total. The lowest BCUT2D eigenvalue weighted by atomic mass is 10.0. The number of hydrogen-bond acceptors (Lipinski definition) is 5. The van der Waals surface area contributed by atoms with Crippen molar-refractivity contribution in [3.05, 3.63) is 11.9 Å². The van der Waals surface area contributed by atoms with Crippen LogP contribution >= 0.6 is 0 Å². The zero-order valence-electron chi connectivity index (χ0n) is 8.29. The normalized spacial score (nSPS) is 34.7. The predicted molar refractivity (Wildman–Crippen MR) is 48.0 cm³/mol. The Kier molecular flexibility index (Phi) is 1.86. The number of aromatic nitrogens is 3. The summed E-state index contributed by atoms with van der Waals surface area (Å²) in [4.78, 5) is 11.6. The Balaban J connectivity index is 1.93. The van der Waals surface area contributed by atoms with Gasteiger partial charge in [0.2, 0.25) is 6.29 Å². The van der Waals surface area contributed by atoms with E-state index >= 15 is 0 Å². The van der Waals surface area contributed by atoms with Gasteiger partial charge in [-0.15, -0.1) is 5.10 Å². The number of hydrogen-bond donors (Lipinski definition) is 0. The van der Waals surface area contributed by atoms with Crippen LogP contribution in [0, 0.1) is 6.92 Å². The minimum Gasteiger partial charge on any atom is -0.343 e. The molecule has 2 aliphatic rings. The molecule has 6 heteroatoms. The third-order valence-electron chi connectivity index (χ3n) is 2.88. The summed E-state index contributed by atoms with van der Waals surface area (Å²) in [6.45, 7) is 2.37. The molecule has 1 aromatic rings. The fourth-order valence-corrected chi connectivity index (χ4v) is 2.09. The highest BCUT2D eigenvalue weighted by atomic mass is 16.7. The van der Waals surface area contributed by atoms with Crippen molar-refractivity contribution in [2.75, 3.05) is 6.61 Å². The minimum absolute atomic E-state index is 0.0105. The average molecular weight is 209 g/mol. The molecule has 2 aliphatic heterocycles. The van der Waals surface area contributed by atoms with E-state index in [4.69, 9.17) is 9.47 Å². The fraction of sp³-hybridized carbons (Fsp3) is 0.667. The molecule has 3 heterocycles. The zero-order chi connectivity index (χ0) is 10.4. The monoisotopic (exact) mass is 209 g/mol. The van der Waals surface area contributed by atoms with Gasteiger partial charge in [0, 0.05) is 6.42 Å². The first-order valence-corrected chi connectivity index (χ1v) is 4.92. The lowest BCUT2D eigenvalue weighted by molar-refractivity contribution is -0.156. The number of ketones is 1. The van der Waals surface area contributed by atoms with Gasteiger partial charge in [0.05, 0.1) is 24.5 Å². The standard InChI is InChI=1S/C9H11N3O3/c1-5-3-10-11-12(5)6-2-7(13)9-14-4-8(6)15-9/h3,6,8-9H,2,4H2,1H3/t6-,8+,9+/m0/s1. The number of carbonyl (C=O) groups is 1. The molecule has 0 aromatic carbocycles. The van der Waals surface area contributed by atoms with E-state index in [1.165, 1.54) is 0 Å². The van der Waals surface area contributed by atoms with Crippen LogP contribution in [0.4, 0.5) is 0 Å². The third kappa shape index (κ3) is 1.29. The summed E-state index contributed by atoms with van der Waals surface area (Å²) in [5, 5.41) is 7.78. The second kappa shape index (κ2) is 3.11. The van der Waals surface area contributed by atoms with Gasteiger partial charge in [-0.05, 0) is 6.92 Å². The molecule has 0 saturated carbocycles. The van der Waals surface area contributed by atoms with Gasteiger partial charge >= 0.3 is 0 Å². The molecule has 0 N–H and O–H groups in total. The number of nitrogens with zero attached hydrogens (tertiary/aromatic N) is 3. The summed E-state index contributed by atoms with van der Waals surface area (Å²) >= 11 is 0. The van der Waals surface area contributed by atoms with Gasteiger partial charge in [-0.25, -0.2) is 4.68 Å². The Hall–Kier alpha value is -1.27. The molecule has 15 heavy (non-hydrogen) atoms. The van der Waals surface area contributed by atoms with Crippen LogP contribution in [0.1, 0.15) is 18.2 Å². The molecule has 2 fully saturated rings. The molecule has 0 spiro atoms. The Morgan fingerprint density at radius 2 is 2.47 bits per heavy atom. The molecule has 2 bridgehead atoms. The Bertz CT molecular complexity index is 403. The second-order valence-electron chi connectivity index (χ2n) is 3.90. The fourth-order valence-electron chi connectivity index (χ4n) is 2.09. The Morgan fingerprint density at radius 3 is 3.20 bits per heavy atom. The molecule has 80 valence electrons. The van der Waals surface area contributed by atoms with Gasteiger partial charge in [0.1, 0.15) is 6.10 Å². The number of Topliss-reactive ketones (excluding diaryl/α,β-unsaturated/α-hetero) is 1. The van der Waals surface area contributed by atoms with Crippen LogP contribution in [0.25, 0.3) is 0 Å². The van der Waals surface area contributed by atoms with E-state index in [1.807, 2.05) is 6.92 Å². The highest BCUT2D eigenvalue weighted by molar-refractivity contribution is 5.83. The van der Waals surface area contributed by atoms with Gasteiger partial charge in [-0.3, -0.25) is 4.79 Å². The van der Waals surface area contributed by atoms with Crippen molar-refractivity contribution in [1.82, 2.24) is 15.0 Å². The van der Waals surface area contributed by atoms with Gasteiger partial charge in [0.15, 0.2) is 5.78 Å². The van der Waals surface area contributed by atoms with Crippen LogP contribution in [0.5, 0.6) is 0 Å². The Labute approximate surface area is 86.2 Å². The first kappa shape index (κ1) is 8.99. The maximum absolute atomic E-state index is 11.6. The van der Waals surface area contributed by atoms with E-state index in [1.54, 1.807) is 10.9 Å². The molecule has 1 aromatic heterocycles. The molecule has 3 atom stereocenters. The van der Waals surface area contributed by atoms with E-state index in [0.717, 1.165) is 5.69 Å². The van der Waals surface area contributed by atoms with Gasteiger partial charge in [-0.1, -0.05) is 5.21 Å².